The maximum Gasteiger partial charge on any atom is 0.233 e. The molecule has 1 rings (SSSR count). The number of hydrogen-bond donors (Lipinski definition) is 2. The molecule has 1 atom stereocenters. The van der Waals surface area contributed by atoms with Gasteiger partial charge in [-0.25, -0.2) is 0 Å². The van der Waals surface area contributed by atoms with Gasteiger partial charge in [0.1, 0.15) is 5.92 Å². The molecule has 1 saturated heterocycles. The lowest BCUT2D eigenvalue weighted by Gasteiger charge is -2.36. The third kappa shape index (κ3) is 3.35. The third-order valence-electron chi connectivity index (χ3n) is 3.50. The number of piperazine rings is 1. The zero-order chi connectivity index (χ0) is 13.7. The Kier molecular flexibility index (Phi) is 5.40. The molecule has 0 radical (unpaired) electrons. The van der Waals surface area contributed by atoms with Gasteiger partial charge in [0.05, 0.1) is 0 Å². The summed E-state index contributed by atoms with van der Waals surface area (Å²) in [6.07, 6.45) is 0. The molecule has 0 aromatic carbocycles. The number of amidine groups is 1. The molecule has 18 heavy (non-hydrogen) atoms. The van der Waals surface area contributed by atoms with Crippen molar-refractivity contribution in [1.82, 2.24) is 9.80 Å². The molecule has 0 saturated carbocycles. The van der Waals surface area contributed by atoms with Crippen molar-refractivity contribution in [2.45, 2.75) is 20.8 Å². The van der Waals surface area contributed by atoms with E-state index in [0.29, 0.717) is 13.1 Å². The Morgan fingerprint density at radius 3 is 2.28 bits per heavy atom. The van der Waals surface area contributed by atoms with Gasteiger partial charge in [-0.1, -0.05) is 25.9 Å². The van der Waals surface area contributed by atoms with Crippen LogP contribution in [-0.2, 0) is 4.79 Å². The van der Waals surface area contributed by atoms with Gasteiger partial charge in [-0.3, -0.25) is 4.79 Å². The zero-order valence-corrected chi connectivity index (χ0v) is 11.5. The highest BCUT2D eigenvalue weighted by Gasteiger charge is 2.32. The number of hydrogen-bond acceptors (Lipinski definition) is 4. The van der Waals surface area contributed by atoms with Gasteiger partial charge in [0.15, 0.2) is 5.84 Å². The van der Waals surface area contributed by atoms with Crippen LogP contribution < -0.4 is 5.73 Å². The Morgan fingerprint density at radius 2 is 1.89 bits per heavy atom. The van der Waals surface area contributed by atoms with E-state index in [2.05, 4.69) is 17.0 Å². The molecule has 1 amide bonds. The van der Waals surface area contributed by atoms with Crippen molar-refractivity contribution in [2.24, 2.45) is 22.7 Å². The monoisotopic (exact) mass is 256 g/mol. The average molecular weight is 256 g/mol. The minimum atomic E-state index is -0.525. The molecule has 104 valence electrons. The number of carbonyl (C=O) groups is 1. The smallest absolute Gasteiger partial charge is 0.233 e. The second-order valence-electron chi connectivity index (χ2n) is 5.01. The molecule has 1 aliphatic heterocycles. The van der Waals surface area contributed by atoms with Crippen LogP contribution in [0.2, 0.25) is 0 Å². The fraction of sp³-hybridized carbons (Fsp3) is 0.833. The van der Waals surface area contributed by atoms with E-state index in [1.165, 1.54) is 0 Å². The zero-order valence-electron chi connectivity index (χ0n) is 11.5. The van der Waals surface area contributed by atoms with Gasteiger partial charge in [-0.15, -0.1) is 0 Å². The molecule has 0 aliphatic carbocycles. The van der Waals surface area contributed by atoms with E-state index < -0.39 is 5.92 Å². The second kappa shape index (κ2) is 6.58. The molecule has 6 nitrogen and oxygen atoms in total. The fourth-order valence-electron chi connectivity index (χ4n) is 2.30. The molecule has 1 fully saturated rings. The van der Waals surface area contributed by atoms with Crippen LogP contribution in [-0.4, -0.2) is 59.5 Å². The van der Waals surface area contributed by atoms with Crippen LogP contribution in [0.25, 0.3) is 0 Å². The van der Waals surface area contributed by atoms with Gasteiger partial charge in [0.25, 0.3) is 0 Å². The Morgan fingerprint density at radius 1 is 1.33 bits per heavy atom. The summed E-state index contributed by atoms with van der Waals surface area (Å²) in [5, 5.41) is 11.8. The van der Waals surface area contributed by atoms with Crippen LogP contribution >= 0.6 is 0 Å². The molecule has 0 bridgehead atoms. The van der Waals surface area contributed by atoms with Crippen molar-refractivity contribution >= 4 is 11.7 Å². The number of nitrogens with two attached hydrogens (primary N) is 1. The minimum absolute atomic E-state index is 0.00733. The van der Waals surface area contributed by atoms with Gasteiger partial charge >= 0.3 is 0 Å². The van der Waals surface area contributed by atoms with Gasteiger partial charge in [-0.05, 0) is 12.5 Å². The van der Waals surface area contributed by atoms with E-state index in [0.717, 1.165) is 19.6 Å². The Bertz CT molecular complexity index is 309. The van der Waals surface area contributed by atoms with Crippen LogP contribution in [0.4, 0.5) is 0 Å². The summed E-state index contributed by atoms with van der Waals surface area (Å²) in [5.41, 5.74) is 5.62. The quantitative estimate of drug-likeness (QED) is 0.325. The number of rotatable bonds is 4. The van der Waals surface area contributed by atoms with Crippen molar-refractivity contribution in [2.75, 3.05) is 32.7 Å². The highest BCUT2D eigenvalue weighted by atomic mass is 16.4. The number of oxime groups is 1. The average Bonchev–Trinajstić information content (AvgIpc) is 2.38. The summed E-state index contributed by atoms with van der Waals surface area (Å²) in [7, 11) is 0. The first-order chi connectivity index (χ1) is 8.51. The van der Waals surface area contributed by atoms with E-state index in [4.69, 9.17) is 10.9 Å². The number of amides is 1. The molecule has 0 aromatic rings. The van der Waals surface area contributed by atoms with Gasteiger partial charge in [0.2, 0.25) is 5.91 Å². The molecule has 6 heteroatoms. The van der Waals surface area contributed by atoms with Crippen molar-refractivity contribution in [3.8, 4) is 0 Å². The predicted octanol–water partition coefficient (Wildman–Crippen LogP) is 0.169. The summed E-state index contributed by atoms with van der Waals surface area (Å²) in [6.45, 7) is 10.2. The summed E-state index contributed by atoms with van der Waals surface area (Å²) in [5.74, 6) is -0.523. The highest BCUT2D eigenvalue weighted by molar-refractivity contribution is 6.02. The SMILES string of the molecule is CCN1CCN(C(=O)C(/C(N)=N/O)C(C)C)CC1. The Labute approximate surface area is 108 Å². The summed E-state index contributed by atoms with van der Waals surface area (Å²) >= 11 is 0. The fourth-order valence-corrected chi connectivity index (χ4v) is 2.30. The molecule has 0 spiro atoms. The molecule has 3 N–H and O–H groups in total. The van der Waals surface area contributed by atoms with Crippen molar-refractivity contribution in [3.05, 3.63) is 0 Å². The first-order valence-electron chi connectivity index (χ1n) is 6.49. The number of carbonyl (C=O) groups excluding carboxylic acids is 1. The van der Waals surface area contributed by atoms with E-state index in [-0.39, 0.29) is 17.7 Å². The maximum atomic E-state index is 12.4. The predicted molar refractivity (Wildman–Crippen MR) is 70.4 cm³/mol. The number of likely N-dealkylation sites (N-methyl/N-ethyl adjacent to an activating group) is 1. The summed E-state index contributed by atoms with van der Waals surface area (Å²) in [6, 6.07) is 0. The van der Waals surface area contributed by atoms with Gasteiger partial charge in [0, 0.05) is 26.2 Å². The lowest BCUT2D eigenvalue weighted by Crippen LogP contribution is -2.52. The highest BCUT2D eigenvalue weighted by Crippen LogP contribution is 2.16. The standard InChI is InChI=1S/C12H24N4O2/c1-4-15-5-7-16(8-6-15)12(17)10(9(2)3)11(13)14-18/h9-10,18H,4-8H2,1-3H3,(H2,13,14). The topological polar surface area (TPSA) is 82.2 Å². The summed E-state index contributed by atoms with van der Waals surface area (Å²) < 4.78 is 0. The Hall–Kier alpha value is -1.30. The Balaban J connectivity index is 2.68. The lowest BCUT2D eigenvalue weighted by atomic mass is 9.93. The van der Waals surface area contributed by atoms with Crippen molar-refractivity contribution in [1.29, 1.82) is 0 Å². The van der Waals surface area contributed by atoms with E-state index >= 15 is 0 Å². The van der Waals surface area contributed by atoms with Crippen LogP contribution in [0.15, 0.2) is 5.16 Å². The minimum Gasteiger partial charge on any atom is -0.409 e. The van der Waals surface area contributed by atoms with Gasteiger partial charge < -0.3 is 20.7 Å². The first-order valence-corrected chi connectivity index (χ1v) is 6.49. The van der Waals surface area contributed by atoms with E-state index in [1.54, 1.807) is 0 Å². The second-order valence-corrected chi connectivity index (χ2v) is 5.01. The van der Waals surface area contributed by atoms with E-state index in [9.17, 15) is 4.79 Å². The van der Waals surface area contributed by atoms with Crippen molar-refractivity contribution < 1.29 is 10.0 Å². The normalized spacial score (nSPS) is 20.2. The lowest BCUT2D eigenvalue weighted by molar-refractivity contribution is -0.136. The third-order valence-corrected chi connectivity index (χ3v) is 3.50. The van der Waals surface area contributed by atoms with Crippen LogP contribution in [0, 0.1) is 11.8 Å². The van der Waals surface area contributed by atoms with Crippen LogP contribution in [0.5, 0.6) is 0 Å². The molecular formula is C12H24N4O2. The largest absolute Gasteiger partial charge is 0.409 e. The van der Waals surface area contributed by atoms with Crippen LogP contribution in [0.3, 0.4) is 0 Å². The van der Waals surface area contributed by atoms with Crippen LogP contribution in [0.1, 0.15) is 20.8 Å². The van der Waals surface area contributed by atoms with E-state index in [1.807, 2.05) is 18.7 Å². The molecule has 1 heterocycles. The summed E-state index contributed by atoms with van der Waals surface area (Å²) in [4.78, 5) is 16.5. The number of nitrogens with zero attached hydrogens (tertiary/aromatic N) is 3. The molecular weight excluding hydrogens is 232 g/mol. The molecule has 1 unspecified atom stereocenters. The van der Waals surface area contributed by atoms with Gasteiger partial charge in [-0.2, -0.15) is 0 Å². The molecule has 1 aliphatic rings. The molecule has 0 aromatic heterocycles. The van der Waals surface area contributed by atoms with Crippen molar-refractivity contribution in [3.63, 3.8) is 0 Å². The first kappa shape index (κ1) is 14.8. The maximum absolute atomic E-state index is 12.4.